The van der Waals surface area contributed by atoms with E-state index in [-0.39, 0.29) is 11.0 Å². The molecule has 1 fully saturated rings. The van der Waals surface area contributed by atoms with Crippen LogP contribution < -0.4 is 5.32 Å². The third kappa shape index (κ3) is 3.00. The molecule has 1 saturated carbocycles. The Morgan fingerprint density at radius 1 is 1.04 bits per heavy atom. The normalized spacial score (nSPS) is 18.5. The van der Waals surface area contributed by atoms with Crippen LogP contribution in [0.2, 0.25) is 0 Å². The van der Waals surface area contributed by atoms with Gasteiger partial charge in [0.2, 0.25) is 0 Å². The van der Waals surface area contributed by atoms with E-state index >= 15 is 0 Å². The van der Waals surface area contributed by atoms with Crippen molar-refractivity contribution in [2.45, 2.75) is 44.1 Å². The van der Waals surface area contributed by atoms with E-state index in [0.717, 1.165) is 11.1 Å². The van der Waals surface area contributed by atoms with Gasteiger partial charge in [-0.25, -0.2) is 4.79 Å². The lowest BCUT2D eigenvalue weighted by atomic mass is 9.74. The number of benzene rings is 2. The number of hydrogen-bond acceptors (Lipinski definition) is 2. The van der Waals surface area contributed by atoms with Crippen LogP contribution >= 0.6 is 0 Å². The van der Waals surface area contributed by atoms with Gasteiger partial charge in [-0.2, -0.15) is 0 Å². The maximum atomic E-state index is 10.9. The van der Waals surface area contributed by atoms with Crippen LogP contribution in [0.3, 0.4) is 0 Å². The number of anilines is 1. The number of fused-ring (bicyclic) bond motifs is 1. The summed E-state index contributed by atoms with van der Waals surface area (Å²) in [6.45, 7) is 4.63. The zero-order chi connectivity index (χ0) is 17.7. The Balaban J connectivity index is 1.62. The Bertz CT molecular complexity index is 909. The summed E-state index contributed by atoms with van der Waals surface area (Å²) in [5.74, 6) is 5.42. The van der Waals surface area contributed by atoms with Gasteiger partial charge in [-0.15, -0.1) is 0 Å². The van der Waals surface area contributed by atoms with Crippen LogP contribution in [0.5, 0.6) is 0 Å². The zero-order valence-electron chi connectivity index (χ0n) is 14.5. The van der Waals surface area contributed by atoms with Gasteiger partial charge >= 0.3 is 5.97 Å². The SMILES string of the molecule is CC1(C)CC2(CC2)Nc2ccc(C#Cc3ccc(C(=O)O)cc3)cc21. The molecule has 2 aliphatic rings. The number of carboxylic acid groups (broad SMARTS) is 1. The van der Waals surface area contributed by atoms with Crippen molar-refractivity contribution in [1.29, 1.82) is 0 Å². The first-order chi connectivity index (χ1) is 11.9. The fraction of sp³-hybridized carbons (Fsp3) is 0.318. The van der Waals surface area contributed by atoms with Crippen LogP contribution in [0.25, 0.3) is 0 Å². The zero-order valence-corrected chi connectivity index (χ0v) is 14.5. The Hall–Kier alpha value is -2.73. The van der Waals surface area contributed by atoms with Crippen molar-refractivity contribution in [1.82, 2.24) is 0 Å². The van der Waals surface area contributed by atoms with Gasteiger partial charge in [-0.3, -0.25) is 0 Å². The summed E-state index contributed by atoms with van der Waals surface area (Å²) in [4.78, 5) is 10.9. The molecule has 2 aromatic rings. The molecule has 1 spiro atoms. The number of carboxylic acids is 1. The second-order valence-corrected chi connectivity index (χ2v) is 7.86. The van der Waals surface area contributed by atoms with Gasteiger partial charge in [-0.05, 0) is 72.7 Å². The summed E-state index contributed by atoms with van der Waals surface area (Å²) < 4.78 is 0. The highest BCUT2D eigenvalue weighted by molar-refractivity contribution is 5.87. The lowest BCUT2D eigenvalue weighted by Gasteiger charge is -2.39. The smallest absolute Gasteiger partial charge is 0.335 e. The van der Waals surface area contributed by atoms with Crippen molar-refractivity contribution >= 4 is 11.7 Å². The average Bonchev–Trinajstić information content (AvgIpc) is 3.31. The predicted octanol–water partition coefficient (Wildman–Crippen LogP) is 4.41. The first kappa shape index (κ1) is 15.8. The molecule has 1 aliphatic heterocycles. The first-order valence-electron chi connectivity index (χ1n) is 8.65. The fourth-order valence-corrected chi connectivity index (χ4v) is 3.86. The van der Waals surface area contributed by atoms with E-state index in [4.69, 9.17) is 5.11 Å². The fourth-order valence-electron chi connectivity index (χ4n) is 3.86. The van der Waals surface area contributed by atoms with Gasteiger partial charge in [0.25, 0.3) is 0 Å². The second kappa shape index (κ2) is 5.39. The highest BCUT2D eigenvalue weighted by atomic mass is 16.4. The summed E-state index contributed by atoms with van der Waals surface area (Å²) in [5, 5.41) is 12.7. The molecule has 0 amide bonds. The van der Waals surface area contributed by atoms with Crippen molar-refractivity contribution in [2.75, 3.05) is 5.32 Å². The lowest BCUT2D eigenvalue weighted by molar-refractivity contribution is 0.0697. The summed E-state index contributed by atoms with van der Waals surface area (Å²) >= 11 is 0. The van der Waals surface area contributed by atoms with Crippen LogP contribution in [-0.2, 0) is 5.41 Å². The van der Waals surface area contributed by atoms with Gasteiger partial charge < -0.3 is 10.4 Å². The summed E-state index contributed by atoms with van der Waals surface area (Å²) in [6.07, 6.45) is 3.70. The van der Waals surface area contributed by atoms with Gasteiger partial charge in [0, 0.05) is 22.4 Å². The number of hydrogen-bond donors (Lipinski definition) is 2. The highest BCUT2D eigenvalue weighted by Gasteiger charge is 2.50. The molecular formula is C22H21NO2. The van der Waals surface area contributed by atoms with Crippen molar-refractivity contribution in [3.63, 3.8) is 0 Å². The number of aromatic carboxylic acids is 1. The largest absolute Gasteiger partial charge is 0.478 e. The van der Waals surface area contributed by atoms with Crippen LogP contribution in [0.4, 0.5) is 5.69 Å². The Kier molecular flexibility index (Phi) is 3.40. The monoisotopic (exact) mass is 331 g/mol. The highest BCUT2D eigenvalue weighted by Crippen LogP contribution is 2.53. The van der Waals surface area contributed by atoms with E-state index < -0.39 is 5.97 Å². The minimum atomic E-state index is -0.919. The second-order valence-electron chi connectivity index (χ2n) is 7.86. The third-order valence-electron chi connectivity index (χ3n) is 5.27. The molecule has 4 rings (SSSR count). The van der Waals surface area contributed by atoms with Gasteiger partial charge in [0.05, 0.1) is 5.56 Å². The van der Waals surface area contributed by atoms with Crippen LogP contribution in [-0.4, -0.2) is 16.6 Å². The molecule has 0 unspecified atom stereocenters. The predicted molar refractivity (Wildman–Crippen MR) is 99.1 cm³/mol. The molecule has 3 nitrogen and oxygen atoms in total. The summed E-state index contributed by atoms with van der Waals surface area (Å²) in [6, 6.07) is 13.1. The van der Waals surface area contributed by atoms with Crippen LogP contribution in [0.1, 0.15) is 60.2 Å². The van der Waals surface area contributed by atoms with Crippen molar-refractivity contribution < 1.29 is 9.90 Å². The molecule has 0 radical (unpaired) electrons. The van der Waals surface area contributed by atoms with Gasteiger partial charge in [0.1, 0.15) is 0 Å². The Labute approximate surface area is 148 Å². The van der Waals surface area contributed by atoms with Crippen molar-refractivity contribution in [3.05, 3.63) is 64.7 Å². The van der Waals surface area contributed by atoms with Crippen LogP contribution in [0, 0.1) is 11.8 Å². The molecule has 1 heterocycles. The quantitative estimate of drug-likeness (QED) is 0.761. The van der Waals surface area contributed by atoms with Gasteiger partial charge in [-0.1, -0.05) is 25.7 Å². The number of carbonyl (C=O) groups is 1. The van der Waals surface area contributed by atoms with Crippen molar-refractivity contribution in [2.24, 2.45) is 0 Å². The minimum absolute atomic E-state index is 0.151. The molecule has 0 saturated heterocycles. The van der Waals surface area contributed by atoms with E-state index in [1.165, 1.54) is 30.5 Å². The van der Waals surface area contributed by atoms with E-state index in [9.17, 15) is 4.79 Å². The topological polar surface area (TPSA) is 49.3 Å². The molecular weight excluding hydrogens is 310 g/mol. The maximum absolute atomic E-state index is 10.9. The molecule has 2 aromatic carbocycles. The maximum Gasteiger partial charge on any atom is 0.335 e. The minimum Gasteiger partial charge on any atom is -0.478 e. The Morgan fingerprint density at radius 3 is 2.32 bits per heavy atom. The average molecular weight is 331 g/mol. The van der Waals surface area contributed by atoms with E-state index in [0.29, 0.717) is 5.54 Å². The summed E-state index contributed by atoms with van der Waals surface area (Å²) in [7, 11) is 0. The first-order valence-corrected chi connectivity index (χ1v) is 8.65. The number of nitrogens with one attached hydrogen (secondary N) is 1. The summed E-state index contributed by atoms with van der Waals surface area (Å²) in [5.41, 5.74) is 5.14. The molecule has 2 N–H and O–H groups in total. The molecule has 25 heavy (non-hydrogen) atoms. The lowest BCUT2D eigenvalue weighted by Crippen LogP contribution is -2.37. The molecule has 3 heteroatoms. The van der Waals surface area contributed by atoms with Crippen molar-refractivity contribution in [3.8, 4) is 11.8 Å². The Morgan fingerprint density at radius 2 is 1.68 bits per heavy atom. The molecule has 1 aliphatic carbocycles. The number of rotatable bonds is 1. The van der Waals surface area contributed by atoms with E-state index in [2.05, 4.69) is 49.2 Å². The molecule has 0 bridgehead atoms. The van der Waals surface area contributed by atoms with Crippen LogP contribution in [0.15, 0.2) is 42.5 Å². The standard InChI is InChI=1S/C22H21NO2/c1-21(2)14-22(11-12-22)23-19-10-7-16(13-18(19)21)4-3-15-5-8-17(9-6-15)20(24)25/h5-10,13,23H,11-12,14H2,1-2H3,(H,24,25). The molecule has 0 atom stereocenters. The molecule has 126 valence electrons. The van der Waals surface area contributed by atoms with E-state index in [1.807, 2.05) is 0 Å². The van der Waals surface area contributed by atoms with Gasteiger partial charge in [0.15, 0.2) is 0 Å². The molecule has 0 aromatic heterocycles. The third-order valence-corrected chi connectivity index (χ3v) is 5.27. The van der Waals surface area contributed by atoms with E-state index in [1.54, 1.807) is 24.3 Å².